The average Bonchev–Trinajstić information content (AvgIpc) is 2.69. The molecular weight excluding hydrogens is 312 g/mol. The Morgan fingerprint density at radius 2 is 1.80 bits per heavy atom. The first-order valence-corrected chi connectivity index (χ1v) is 8.96. The van der Waals surface area contributed by atoms with Gasteiger partial charge in [0.1, 0.15) is 5.82 Å². The summed E-state index contributed by atoms with van der Waals surface area (Å²) in [5.41, 5.74) is 1.25. The molecule has 25 heavy (non-hydrogen) atoms. The van der Waals surface area contributed by atoms with E-state index in [1.54, 1.807) is 0 Å². The number of amides is 1. The Bertz CT molecular complexity index is 654. The van der Waals surface area contributed by atoms with Crippen LogP contribution in [-0.2, 0) is 11.2 Å². The van der Waals surface area contributed by atoms with E-state index in [1.165, 1.54) is 5.56 Å². The summed E-state index contributed by atoms with van der Waals surface area (Å²) in [7, 11) is 0. The van der Waals surface area contributed by atoms with Crippen molar-refractivity contribution >= 4 is 11.7 Å². The first kappa shape index (κ1) is 17.4. The summed E-state index contributed by atoms with van der Waals surface area (Å²) >= 11 is 0. The van der Waals surface area contributed by atoms with Crippen LogP contribution < -0.4 is 10.2 Å². The summed E-state index contributed by atoms with van der Waals surface area (Å²) in [6.45, 7) is 6.24. The van der Waals surface area contributed by atoms with E-state index in [2.05, 4.69) is 32.2 Å². The maximum Gasteiger partial charge on any atom is 0.237 e. The molecule has 5 nitrogen and oxygen atoms in total. The number of nitrogens with one attached hydrogen (secondary N) is 1. The molecule has 0 bridgehead atoms. The minimum Gasteiger partial charge on any atom is -0.354 e. The molecule has 1 aromatic heterocycles. The molecule has 1 aliphatic rings. The second-order valence-corrected chi connectivity index (χ2v) is 6.41. The molecule has 1 aliphatic heterocycles. The lowest BCUT2D eigenvalue weighted by Crippen LogP contribution is -2.54. The van der Waals surface area contributed by atoms with Crippen molar-refractivity contribution in [2.45, 2.75) is 19.4 Å². The maximum atomic E-state index is 12.4. The second-order valence-electron chi connectivity index (χ2n) is 6.41. The minimum absolute atomic E-state index is 0.0957. The number of pyridine rings is 1. The summed E-state index contributed by atoms with van der Waals surface area (Å²) in [6.07, 6.45) is 2.69. The van der Waals surface area contributed by atoms with E-state index in [4.69, 9.17) is 0 Å². The molecule has 2 aromatic rings. The predicted molar refractivity (Wildman–Crippen MR) is 101 cm³/mol. The fraction of sp³-hybridized carbons (Fsp3) is 0.400. The van der Waals surface area contributed by atoms with Gasteiger partial charge in [0.15, 0.2) is 0 Å². The van der Waals surface area contributed by atoms with Crippen LogP contribution in [0.5, 0.6) is 0 Å². The van der Waals surface area contributed by atoms with Gasteiger partial charge in [-0.1, -0.05) is 36.4 Å². The number of hydrogen-bond acceptors (Lipinski definition) is 4. The van der Waals surface area contributed by atoms with Gasteiger partial charge in [0, 0.05) is 38.9 Å². The minimum atomic E-state index is -0.0957. The van der Waals surface area contributed by atoms with E-state index in [0.717, 1.165) is 38.4 Å². The molecule has 1 aromatic carbocycles. The van der Waals surface area contributed by atoms with Crippen LogP contribution in [-0.4, -0.2) is 54.6 Å². The molecule has 0 spiro atoms. The number of carbonyl (C=O) groups excluding carboxylic acids is 1. The van der Waals surface area contributed by atoms with Crippen molar-refractivity contribution < 1.29 is 4.79 Å². The van der Waals surface area contributed by atoms with Crippen LogP contribution in [0.4, 0.5) is 5.82 Å². The van der Waals surface area contributed by atoms with Gasteiger partial charge in [-0.2, -0.15) is 0 Å². The summed E-state index contributed by atoms with van der Waals surface area (Å²) in [4.78, 5) is 21.3. The van der Waals surface area contributed by atoms with Gasteiger partial charge in [-0.05, 0) is 31.0 Å². The number of nitrogens with zero attached hydrogens (tertiary/aromatic N) is 3. The van der Waals surface area contributed by atoms with Crippen LogP contribution in [0.2, 0.25) is 0 Å². The Kier molecular flexibility index (Phi) is 6.01. The van der Waals surface area contributed by atoms with Crippen molar-refractivity contribution in [1.82, 2.24) is 15.2 Å². The van der Waals surface area contributed by atoms with Crippen molar-refractivity contribution in [2.24, 2.45) is 0 Å². The molecule has 2 heterocycles. The largest absolute Gasteiger partial charge is 0.354 e. The zero-order chi connectivity index (χ0) is 17.5. The number of piperazine rings is 1. The molecule has 1 atom stereocenters. The highest BCUT2D eigenvalue weighted by Crippen LogP contribution is 2.14. The van der Waals surface area contributed by atoms with Gasteiger partial charge in [-0.25, -0.2) is 4.98 Å². The molecule has 1 fully saturated rings. The van der Waals surface area contributed by atoms with Crippen LogP contribution in [0.1, 0.15) is 12.5 Å². The van der Waals surface area contributed by atoms with Crippen LogP contribution in [0.25, 0.3) is 0 Å². The van der Waals surface area contributed by atoms with Gasteiger partial charge in [0.25, 0.3) is 0 Å². The molecule has 0 radical (unpaired) electrons. The molecule has 0 saturated carbocycles. The Morgan fingerprint density at radius 3 is 2.48 bits per heavy atom. The van der Waals surface area contributed by atoms with Gasteiger partial charge < -0.3 is 10.2 Å². The summed E-state index contributed by atoms with van der Waals surface area (Å²) in [5.74, 6) is 1.13. The smallest absolute Gasteiger partial charge is 0.237 e. The topological polar surface area (TPSA) is 48.5 Å². The third kappa shape index (κ3) is 4.79. The number of anilines is 1. The number of hydrogen-bond donors (Lipinski definition) is 1. The Labute approximate surface area is 149 Å². The second kappa shape index (κ2) is 8.62. The molecule has 0 aliphatic carbocycles. The zero-order valence-corrected chi connectivity index (χ0v) is 14.8. The molecule has 5 heteroatoms. The summed E-state index contributed by atoms with van der Waals surface area (Å²) in [6, 6.07) is 16.1. The van der Waals surface area contributed by atoms with E-state index < -0.39 is 0 Å². The SMILES string of the molecule is C[C@@H](C(=O)NCCc1ccccc1)N1CCN(c2ccccn2)CC1. The van der Waals surface area contributed by atoms with E-state index in [1.807, 2.05) is 49.5 Å². The maximum absolute atomic E-state index is 12.4. The monoisotopic (exact) mass is 338 g/mol. The molecule has 132 valence electrons. The average molecular weight is 338 g/mol. The van der Waals surface area contributed by atoms with Gasteiger partial charge in [0.2, 0.25) is 5.91 Å². The number of carbonyl (C=O) groups is 1. The van der Waals surface area contributed by atoms with Gasteiger partial charge in [-0.3, -0.25) is 9.69 Å². The van der Waals surface area contributed by atoms with E-state index in [9.17, 15) is 4.79 Å². The van der Waals surface area contributed by atoms with E-state index in [0.29, 0.717) is 6.54 Å². The normalized spacial score (nSPS) is 16.4. The van der Waals surface area contributed by atoms with Crippen LogP contribution >= 0.6 is 0 Å². The standard InChI is InChI=1S/C20H26N4O/c1-17(20(25)22-12-10-18-7-3-2-4-8-18)23-13-15-24(16-14-23)19-9-5-6-11-21-19/h2-9,11,17H,10,12-16H2,1H3,(H,22,25)/t17-/m0/s1. The summed E-state index contributed by atoms with van der Waals surface area (Å²) in [5, 5.41) is 3.06. The molecular formula is C20H26N4O. The Balaban J connectivity index is 1.42. The lowest BCUT2D eigenvalue weighted by Gasteiger charge is -2.37. The Morgan fingerprint density at radius 1 is 1.08 bits per heavy atom. The molecule has 3 rings (SSSR count). The van der Waals surface area contributed by atoms with Gasteiger partial charge >= 0.3 is 0 Å². The summed E-state index contributed by atoms with van der Waals surface area (Å²) < 4.78 is 0. The third-order valence-corrected chi connectivity index (χ3v) is 4.77. The van der Waals surface area contributed by atoms with Crippen LogP contribution in [0.3, 0.4) is 0 Å². The fourth-order valence-corrected chi connectivity index (χ4v) is 3.17. The number of aromatic nitrogens is 1. The van der Waals surface area contributed by atoms with Crippen molar-refractivity contribution in [2.75, 3.05) is 37.6 Å². The zero-order valence-electron chi connectivity index (χ0n) is 14.8. The van der Waals surface area contributed by atoms with Crippen molar-refractivity contribution in [3.05, 3.63) is 60.3 Å². The highest BCUT2D eigenvalue weighted by Gasteiger charge is 2.25. The quantitative estimate of drug-likeness (QED) is 0.875. The highest BCUT2D eigenvalue weighted by atomic mass is 16.2. The molecule has 1 saturated heterocycles. The lowest BCUT2D eigenvalue weighted by molar-refractivity contribution is -0.125. The van der Waals surface area contributed by atoms with Gasteiger partial charge in [0.05, 0.1) is 6.04 Å². The molecule has 1 N–H and O–H groups in total. The Hall–Kier alpha value is -2.40. The molecule has 1 amide bonds. The van der Waals surface area contributed by atoms with E-state index >= 15 is 0 Å². The third-order valence-electron chi connectivity index (χ3n) is 4.77. The number of rotatable bonds is 6. The predicted octanol–water partition coefficient (Wildman–Crippen LogP) is 1.95. The highest BCUT2D eigenvalue weighted by molar-refractivity contribution is 5.81. The van der Waals surface area contributed by atoms with Crippen LogP contribution in [0.15, 0.2) is 54.7 Å². The van der Waals surface area contributed by atoms with Crippen molar-refractivity contribution in [1.29, 1.82) is 0 Å². The molecule has 0 unspecified atom stereocenters. The van der Waals surface area contributed by atoms with Gasteiger partial charge in [-0.15, -0.1) is 0 Å². The van der Waals surface area contributed by atoms with Crippen molar-refractivity contribution in [3.63, 3.8) is 0 Å². The first-order valence-electron chi connectivity index (χ1n) is 8.96. The lowest BCUT2D eigenvalue weighted by atomic mass is 10.1. The van der Waals surface area contributed by atoms with E-state index in [-0.39, 0.29) is 11.9 Å². The number of benzene rings is 1. The van der Waals surface area contributed by atoms with Crippen LogP contribution in [0, 0.1) is 0 Å². The van der Waals surface area contributed by atoms with Crippen molar-refractivity contribution in [3.8, 4) is 0 Å². The fourth-order valence-electron chi connectivity index (χ4n) is 3.17. The first-order chi connectivity index (χ1) is 12.2.